The van der Waals surface area contributed by atoms with Gasteiger partial charge < -0.3 is 14.7 Å². The first-order valence-corrected chi connectivity index (χ1v) is 9.43. The first kappa shape index (κ1) is 18.2. The molecule has 1 aromatic rings. The summed E-state index contributed by atoms with van der Waals surface area (Å²) in [6.45, 7) is 5.73. The molecule has 1 N–H and O–H groups in total. The lowest BCUT2D eigenvalue weighted by molar-refractivity contribution is -0.00415. The van der Waals surface area contributed by atoms with Crippen molar-refractivity contribution in [2.24, 2.45) is 5.92 Å². The van der Waals surface area contributed by atoms with Crippen molar-refractivity contribution in [1.29, 1.82) is 0 Å². The molecule has 0 aromatic carbocycles. The second-order valence-electron chi connectivity index (χ2n) is 6.54. The Morgan fingerprint density at radius 1 is 1.25 bits per heavy atom. The number of halogens is 2. The number of hydrogen-bond donors (Lipinski definition) is 1. The number of aliphatic hydroxyl groups is 1. The van der Waals surface area contributed by atoms with Gasteiger partial charge in [0.1, 0.15) is 5.82 Å². The molecule has 0 unspecified atom stereocenters. The van der Waals surface area contributed by atoms with Crippen LogP contribution in [0.1, 0.15) is 19.3 Å². The van der Waals surface area contributed by atoms with Gasteiger partial charge in [-0.25, -0.2) is 4.98 Å². The third-order valence-electron chi connectivity index (χ3n) is 5.03. The molecule has 1 aromatic heterocycles. The molecule has 7 heteroatoms. The van der Waals surface area contributed by atoms with E-state index in [1.54, 1.807) is 12.3 Å². The molecule has 0 bridgehead atoms. The fourth-order valence-corrected chi connectivity index (χ4v) is 4.38. The molecule has 24 heavy (non-hydrogen) atoms. The Balaban J connectivity index is 1.72. The van der Waals surface area contributed by atoms with Crippen molar-refractivity contribution < 1.29 is 9.84 Å². The number of rotatable bonds is 5. The molecule has 2 saturated heterocycles. The standard InChI is InChI=1S/C17H25Cl2N3O2/c18-14-10-15(19)17(20-11-14)22-4-3-16(13(12-22)2-1-7-23)21-5-8-24-9-6-21/h10-11,13,16,23H,1-9,12H2/t13-,16+/m1/s1. The van der Waals surface area contributed by atoms with Crippen molar-refractivity contribution in [2.45, 2.75) is 25.3 Å². The Hall–Kier alpha value is -0.590. The first-order valence-electron chi connectivity index (χ1n) is 8.67. The second kappa shape index (κ2) is 8.68. The Morgan fingerprint density at radius 3 is 2.75 bits per heavy atom. The minimum absolute atomic E-state index is 0.242. The molecule has 2 fully saturated rings. The number of piperidine rings is 1. The normalized spacial score (nSPS) is 25.9. The lowest BCUT2D eigenvalue weighted by atomic mass is 9.87. The molecule has 2 atom stereocenters. The fraction of sp³-hybridized carbons (Fsp3) is 0.706. The van der Waals surface area contributed by atoms with Crippen LogP contribution in [0.4, 0.5) is 5.82 Å². The Kier molecular flexibility index (Phi) is 6.58. The summed E-state index contributed by atoms with van der Waals surface area (Å²) >= 11 is 12.3. The van der Waals surface area contributed by atoms with Crippen molar-refractivity contribution in [3.63, 3.8) is 0 Å². The Bertz CT molecular complexity index is 541. The van der Waals surface area contributed by atoms with E-state index in [0.29, 0.717) is 22.0 Å². The molecule has 0 amide bonds. The minimum atomic E-state index is 0.242. The smallest absolute Gasteiger partial charge is 0.147 e. The highest BCUT2D eigenvalue weighted by molar-refractivity contribution is 6.36. The van der Waals surface area contributed by atoms with Crippen LogP contribution in [-0.2, 0) is 4.74 Å². The maximum Gasteiger partial charge on any atom is 0.147 e. The summed E-state index contributed by atoms with van der Waals surface area (Å²) in [6, 6.07) is 2.30. The summed E-state index contributed by atoms with van der Waals surface area (Å²) < 4.78 is 5.49. The van der Waals surface area contributed by atoms with Crippen LogP contribution < -0.4 is 4.90 Å². The van der Waals surface area contributed by atoms with E-state index in [-0.39, 0.29) is 6.61 Å². The number of pyridine rings is 1. The SMILES string of the molecule is OCCC[C@@H]1CN(c2ncc(Cl)cc2Cl)CC[C@@H]1N1CCOCC1. The number of ether oxygens (including phenoxy) is 1. The van der Waals surface area contributed by atoms with E-state index in [0.717, 1.165) is 64.5 Å². The monoisotopic (exact) mass is 373 g/mol. The van der Waals surface area contributed by atoms with E-state index in [9.17, 15) is 5.11 Å². The molecule has 134 valence electrons. The average Bonchev–Trinajstić information content (AvgIpc) is 2.60. The molecule has 3 rings (SSSR count). The number of nitrogens with zero attached hydrogens (tertiary/aromatic N) is 3. The van der Waals surface area contributed by atoms with Crippen LogP contribution >= 0.6 is 23.2 Å². The summed E-state index contributed by atoms with van der Waals surface area (Å²) in [7, 11) is 0. The fourth-order valence-electron chi connectivity index (χ4n) is 3.88. The van der Waals surface area contributed by atoms with Crippen molar-refractivity contribution in [1.82, 2.24) is 9.88 Å². The summed E-state index contributed by atoms with van der Waals surface area (Å²) in [6.07, 6.45) is 4.58. The molecular formula is C17H25Cl2N3O2. The summed E-state index contributed by atoms with van der Waals surface area (Å²) in [5, 5.41) is 10.4. The minimum Gasteiger partial charge on any atom is -0.396 e. The van der Waals surface area contributed by atoms with Crippen molar-refractivity contribution in [3.05, 3.63) is 22.3 Å². The second-order valence-corrected chi connectivity index (χ2v) is 7.38. The average molecular weight is 374 g/mol. The van der Waals surface area contributed by atoms with E-state index in [4.69, 9.17) is 27.9 Å². The van der Waals surface area contributed by atoms with E-state index in [2.05, 4.69) is 14.8 Å². The number of morpholine rings is 1. The maximum atomic E-state index is 9.26. The van der Waals surface area contributed by atoms with Crippen LogP contribution in [0.2, 0.25) is 10.0 Å². The zero-order chi connectivity index (χ0) is 16.9. The molecule has 0 saturated carbocycles. The van der Waals surface area contributed by atoms with Gasteiger partial charge in [-0.3, -0.25) is 4.90 Å². The highest BCUT2D eigenvalue weighted by Crippen LogP contribution is 2.33. The van der Waals surface area contributed by atoms with Crippen molar-refractivity contribution >= 4 is 29.0 Å². The highest BCUT2D eigenvalue weighted by Gasteiger charge is 2.34. The quantitative estimate of drug-likeness (QED) is 0.859. The first-order chi connectivity index (χ1) is 11.7. The third kappa shape index (κ3) is 4.33. The van der Waals surface area contributed by atoms with Crippen LogP contribution in [0, 0.1) is 5.92 Å². The third-order valence-corrected chi connectivity index (χ3v) is 5.51. The van der Waals surface area contributed by atoms with Gasteiger partial charge in [-0.2, -0.15) is 0 Å². The van der Waals surface area contributed by atoms with E-state index in [1.807, 2.05) is 0 Å². The van der Waals surface area contributed by atoms with Gasteiger partial charge in [0.2, 0.25) is 0 Å². The van der Waals surface area contributed by atoms with Gasteiger partial charge in [-0.05, 0) is 31.2 Å². The van der Waals surface area contributed by atoms with Gasteiger partial charge in [-0.1, -0.05) is 23.2 Å². The number of aliphatic hydroxyl groups excluding tert-OH is 1. The van der Waals surface area contributed by atoms with E-state index >= 15 is 0 Å². The van der Waals surface area contributed by atoms with E-state index in [1.165, 1.54) is 0 Å². The number of hydrogen-bond acceptors (Lipinski definition) is 5. The Morgan fingerprint density at radius 2 is 2.04 bits per heavy atom. The van der Waals surface area contributed by atoms with Gasteiger partial charge in [0.25, 0.3) is 0 Å². The molecular weight excluding hydrogens is 349 g/mol. The lowest BCUT2D eigenvalue weighted by Crippen LogP contribution is -2.54. The van der Waals surface area contributed by atoms with Crippen molar-refractivity contribution in [3.8, 4) is 0 Å². The predicted molar refractivity (Wildman–Crippen MR) is 97.1 cm³/mol. The maximum absolute atomic E-state index is 9.26. The van der Waals surface area contributed by atoms with Crippen LogP contribution in [0.3, 0.4) is 0 Å². The van der Waals surface area contributed by atoms with Crippen molar-refractivity contribution in [2.75, 3.05) is 50.9 Å². The molecule has 2 aliphatic rings. The number of anilines is 1. The van der Waals surface area contributed by atoms with Gasteiger partial charge >= 0.3 is 0 Å². The van der Waals surface area contributed by atoms with Gasteiger partial charge in [-0.15, -0.1) is 0 Å². The van der Waals surface area contributed by atoms with Crippen LogP contribution in [0.5, 0.6) is 0 Å². The molecule has 0 aliphatic carbocycles. The van der Waals surface area contributed by atoms with Crippen LogP contribution in [0.25, 0.3) is 0 Å². The summed E-state index contributed by atoms with van der Waals surface area (Å²) in [5.41, 5.74) is 0. The Labute approximate surface area is 153 Å². The molecule has 0 spiro atoms. The zero-order valence-electron chi connectivity index (χ0n) is 13.8. The van der Waals surface area contributed by atoms with Gasteiger partial charge in [0.15, 0.2) is 0 Å². The van der Waals surface area contributed by atoms with Gasteiger partial charge in [0, 0.05) is 45.0 Å². The molecule has 0 radical (unpaired) electrons. The van der Waals surface area contributed by atoms with E-state index < -0.39 is 0 Å². The van der Waals surface area contributed by atoms with Gasteiger partial charge in [0.05, 0.1) is 23.3 Å². The zero-order valence-corrected chi connectivity index (χ0v) is 15.3. The highest BCUT2D eigenvalue weighted by atomic mass is 35.5. The topological polar surface area (TPSA) is 48.8 Å². The van der Waals surface area contributed by atoms with Crippen LogP contribution in [-0.4, -0.2) is 67.0 Å². The summed E-state index contributed by atoms with van der Waals surface area (Å²) in [4.78, 5) is 9.25. The molecule has 3 heterocycles. The summed E-state index contributed by atoms with van der Waals surface area (Å²) in [5.74, 6) is 1.31. The largest absolute Gasteiger partial charge is 0.396 e. The molecule has 2 aliphatic heterocycles. The van der Waals surface area contributed by atoms with Crippen LogP contribution in [0.15, 0.2) is 12.3 Å². The predicted octanol–water partition coefficient (Wildman–Crippen LogP) is 2.69. The molecule has 5 nitrogen and oxygen atoms in total. The number of aromatic nitrogens is 1. The lowest BCUT2D eigenvalue weighted by Gasteiger charge is -2.45.